The number of benzene rings is 2. The minimum absolute atomic E-state index is 0.0114. The molecule has 0 bridgehead atoms. The Hall–Kier alpha value is -2.95. The lowest BCUT2D eigenvalue weighted by Gasteiger charge is -2.24. The summed E-state index contributed by atoms with van der Waals surface area (Å²) in [6, 6.07) is 13.5. The van der Waals surface area contributed by atoms with E-state index in [-0.39, 0.29) is 24.3 Å². The molecule has 1 N–H and O–H groups in total. The Balaban J connectivity index is 1.62. The highest BCUT2D eigenvalue weighted by molar-refractivity contribution is 6.16. The zero-order valence-electron chi connectivity index (χ0n) is 15.7. The summed E-state index contributed by atoms with van der Waals surface area (Å²) < 4.78 is 0. The van der Waals surface area contributed by atoms with Crippen molar-refractivity contribution >= 4 is 34.6 Å². The van der Waals surface area contributed by atoms with Gasteiger partial charge in [-0.15, -0.1) is 0 Å². The molecule has 138 valence electrons. The number of para-hydroxylation sites is 2. The third-order valence-corrected chi connectivity index (χ3v) is 5.30. The van der Waals surface area contributed by atoms with E-state index in [2.05, 4.69) is 5.32 Å². The fourth-order valence-electron chi connectivity index (χ4n) is 3.84. The molecular formula is C22H23N3O2. The third kappa shape index (κ3) is 3.37. The second-order valence-corrected chi connectivity index (χ2v) is 7.33. The second-order valence-electron chi connectivity index (χ2n) is 7.33. The van der Waals surface area contributed by atoms with Crippen LogP contribution in [0.15, 0.2) is 47.5 Å². The molecule has 1 aliphatic heterocycles. The van der Waals surface area contributed by atoms with Crippen LogP contribution >= 0.6 is 0 Å². The van der Waals surface area contributed by atoms with Gasteiger partial charge >= 0.3 is 0 Å². The summed E-state index contributed by atoms with van der Waals surface area (Å²) in [6.07, 6.45) is 2.63. The van der Waals surface area contributed by atoms with Gasteiger partial charge in [-0.2, -0.15) is 0 Å². The van der Waals surface area contributed by atoms with Crippen molar-refractivity contribution in [1.82, 2.24) is 0 Å². The maximum atomic E-state index is 13.2. The highest BCUT2D eigenvalue weighted by atomic mass is 16.2. The Morgan fingerprint density at radius 2 is 2.04 bits per heavy atom. The summed E-state index contributed by atoms with van der Waals surface area (Å²) >= 11 is 0. The maximum Gasteiger partial charge on any atom is 0.244 e. The van der Waals surface area contributed by atoms with Crippen LogP contribution in [0.3, 0.4) is 0 Å². The molecule has 1 atom stereocenters. The van der Waals surface area contributed by atoms with E-state index in [9.17, 15) is 9.59 Å². The van der Waals surface area contributed by atoms with Crippen molar-refractivity contribution in [1.29, 1.82) is 0 Å². The highest BCUT2D eigenvalue weighted by Gasteiger charge is 2.37. The van der Waals surface area contributed by atoms with Gasteiger partial charge in [-0.1, -0.05) is 24.3 Å². The van der Waals surface area contributed by atoms with Gasteiger partial charge in [0.25, 0.3) is 0 Å². The number of aliphatic imine (C=N–C) groups is 1. The van der Waals surface area contributed by atoms with Crippen molar-refractivity contribution < 1.29 is 9.59 Å². The molecular weight excluding hydrogens is 338 g/mol. The van der Waals surface area contributed by atoms with Gasteiger partial charge < -0.3 is 10.2 Å². The van der Waals surface area contributed by atoms with Crippen molar-refractivity contribution in [2.24, 2.45) is 10.9 Å². The second kappa shape index (κ2) is 6.99. The Labute approximate surface area is 159 Å². The van der Waals surface area contributed by atoms with E-state index >= 15 is 0 Å². The molecule has 1 saturated carbocycles. The predicted molar refractivity (Wildman–Crippen MR) is 108 cm³/mol. The van der Waals surface area contributed by atoms with Crippen LogP contribution in [-0.4, -0.2) is 24.1 Å². The van der Waals surface area contributed by atoms with Gasteiger partial charge in [-0.3, -0.25) is 14.6 Å². The quantitative estimate of drug-likeness (QED) is 0.892. The molecule has 2 aliphatic rings. The molecule has 0 saturated heterocycles. The SMILES string of the molecule is Cc1ccc(C)c(NC(=O)CN2C(=O)[C@@H]3CCCC3=Nc3ccccc32)c1. The molecule has 1 heterocycles. The number of hydrogen-bond acceptors (Lipinski definition) is 3. The Kier molecular flexibility index (Phi) is 4.52. The first-order chi connectivity index (χ1) is 13.0. The fourth-order valence-corrected chi connectivity index (χ4v) is 3.84. The molecule has 1 aliphatic carbocycles. The molecule has 4 rings (SSSR count). The van der Waals surface area contributed by atoms with Crippen molar-refractivity contribution in [3.05, 3.63) is 53.6 Å². The average Bonchev–Trinajstić information content (AvgIpc) is 3.07. The lowest BCUT2D eigenvalue weighted by molar-refractivity contribution is -0.122. The zero-order chi connectivity index (χ0) is 19.0. The summed E-state index contributed by atoms with van der Waals surface area (Å²) in [5.41, 5.74) is 5.29. The lowest BCUT2D eigenvalue weighted by atomic mass is 10.1. The molecule has 2 aromatic carbocycles. The van der Waals surface area contributed by atoms with Crippen LogP contribution in [0.2, 0.25) is 0 Å². The van der Waals surface area contributed by atoms with E-state index in [4.69, 9.17) is 4.99 Å². The summed E-state index contributed by atoms with van der Waals surface area (Å²) in [5.74, 6) is -0.425. The van der Waals surface area contributed by atoms with E-state index in [1.54, 1.807) is 4.90 Å². The van der Waals surface area contributed by atoms with Gasteiger partial charge in [0.05, 0.1) is 17.3 Å². The minimum Gasteiger partial charge on any atom is -0.324 e. The van der Waals surface area contributed by atoms with Gasteiger partial charge in [0.1, 0.15) is 6.54 Å². The van der Waals surface area contributed by atoms with Gasteiger partial charge in [-0.25, -0.2) is 0 Å². The van der Waals surface area contributed by atoms with Crippen molar-refractivity contribution in [2.75, 3.05) is 16.8 Å². The van der Waals surface area contributed by atoms with Crippen LogP contribution < -0.4 is 10.2 Å². The zero-order valence-corrected chi connectivity index (χ0v) is 15.7. The Morgan fingerprint density at radius 1 is 1.22 bits per heavy atom. The smallest absolute Gasteiger partial charge is 0.244 e. The molecule has 5 nitrogen and oxygen atoms in total. The summed E-state index contributed by atoms with van der Waals surface area (Å²) in [7, 11) is 0. The minimum atomic E-state index is -0.203. The number of aryl methyl sites for hydroxylation is 2. The van der Waals surface area contributed by atoms with E-state index in [1.165, 1.54) is 0 Å². The summed E-state index contributed by atoms with van der Waals surface area (Å²) in [6.45, 7) is 3.94. The number of carbonyl (C=O) groups excluding carboxylic acids is 2. The molecule has 1 fully saturated rings. The van der Waals surface area contributed by atoms with E-state index in [1.807, 2.05) is 56.3 Å². The van der Waals surface area contributed by atoms with Crippen LogP contribution in [0.5, 0.6) is 0 Å². The molecule has 27 heavy (non-hydrogen) atoms. The maximum absolute atomic E-state index is 13.2. The number of nitrogens with zero attached hydrogens (tertiary/aromatic N) is 2. The number of hydrogen-bond donors (Lipinski definition) is 1. The van der Waals surface area contributed by atoms with E-state index < -0.39 is 0 Å². The number of anilines is 2. The van der Waals surface area contributed by atoms with Crippen LogP contribution in [0.25, 0.3) is 0 Å². The first-order valence-corrected chi connectivity index (χ1v) is 9.38. The van der Waals surface area contributed by atoms with Gasteiger partial charge in [0.15, 0.2) is 0 Å². The number of amides is 2. The van der Waals surface area contributed by atoms with Gasteiger partial charge in [-0.05, 0) is 62.4 Å². The molecule has 2 amide bonds. The van der Waals surface area contributed by atoms with Gasteiger partial charge in [0.2, 0.25) is 11.8 Å². The normalized spacial score (nSPS) is 18.4. The van der Waals surface area contributed by atoms with Crippen LogP contribution in [0, 0.1) is 19.8 Å². The fraction of sp³-hybridized carbons (Fsp3) is 0.318. The van der Waals surface area contributed by atoms with Crippen LogP contribution in [-0.2, 0) is 9.59 Å². The number of carbonyl (C=O) groups is 2. The van der Waals surface area contributed by atoms with Crippen molar-refractivity contribution in [3.63, 3.8) is 0 Å². The molecule has 0 aromatic heterocycles. The number of rotatable bonds is 3. The molecule has 0 radical (unpaired) electrons. The van der Waals surface area contributed by atoms with Crippen molar-refractivity contribution in [2.45, 2.75) is 33.1 Å². The van der Waals surface area contributed by atoms with Crippen molar-refractivity contribution in [3.8, 4) is 0 Å². The topological polar surface area (TPSA) is 61.8 Å². The lowest BCUT2D eigenvalue weighted by Crippen LogP contribution is -2.41. The Bertz CT molecular complexity index is 948. The van der Waals surface area contributed by atoms with E-state index in [0.717, 1.165) is 47.5 Å². The number of nitrogens with one attached hydrogen (secondary N) is 1. The first kappa shape index (κ1) is 17.5. The number of fused-ring (bicyclic) bond motifs is 2. The molecule has 2 aromatic rings. The predicted octanol–water partition coefficient (Wildman–Crippen LogP) is 4.16. The average molecular weight is 361 g/mol. The first-order valence-electron chi connectivity index (χ1n) is 9.38. The largest absolute Gasteiger partial charge is 0.324 e. The third-order valence-electron chi connectivity index (χ3n) is 5.30. The summed E-state index contributed by atoms with van der Waals surface area (Å²) in [4.78, 5) is 32.3. The molecule has 0 unspecified atom stereocenters. The monoisotopic (exact) mass is 361 g/mol. The Morgan fingerprint density at radius 3 is 2.89 bits per heavy atom. The van der Waals surface area contributed by atoms with E-state index in [0.29, 0.717) is 5.69 Å². The van der Waals surface area contributed by atoms with Gasteiger partial charge in [0, 0.05) is 11.4 Å². The van der Waals surface area contributed by atoms with Crippen LogP contribution in [0.1, 0.15) is 30.4 Å². The molecule has 5 heteroatoms. The molecule has 0 spiro atoms. The highest BCUT2D eigenvalue weighted by Crippen LogP contribution is 2.37. The standard InChI is InChI=1S/C22H23N3O2/c1-14-10-11-15(2)19(12-14)24-21(26)13-25-20-9-4-3-7-18(20)23-17-8-5-6-16(17)22(25)27/h3-4,7,9-12,16H,5-6,8,13H2,1-2H3,(H,24,26)/t16-/m1/s1. The van der Waals surface area contributed by atoms with Crippen LogP contribution in [0.4, 0.5) is 17.1 Å². The summed E-state index contributed by atoms with van der Waals surface area (Å²) in [5, 5.41) is 2.96.